The predicted octanol–water partition coefficient (Wildman–Crippen LogP) is 4.50. The van der Waals surface area contributed by atoms with Gasteiger partial charge in [-0.25, -0.2) is 0 Å². The summed E-state index contributed by atoms with van der Waals surface area (Å²) in [6.45, 7) is 4.71. The van der Waals surface area contributed by atoms with Gasteiger partial charge in [-0.15, -0.1) is 0 Å². The maximum absolute atomic E-state index is 12.2. The Labute approximate surface area is 141 Å². The fourth-order valence-electron chi connectivity index (χ4n) is 2.71. The average Bonchev–Trinajstić information content (AvgIpc) is 2.42. The molecule has 0 radical (unpaired) electrons. The molecule has 0 amide bonds. The molecular formula is C14H20Br2N2O3. The highest BCUT2D eigenvalue weighted by Gasteiger charge is 2.29. The van der Waals surface area contributed by atoms with Gasteiger partial charge in [-0.1, -0.05) is 42.6 Å². The number of nitro groups is 1. The zero-order valence-corrected chi connectivity index (χ0v) is 15.4. The summed E-state index contributed by atoms with van der Waals surface area (Å²) in [4.78, 5) is 22.6. The van der Waals surface area contributed by atoms with Crippen molar-refractivity contribution in [2.24, 2.45) is 5.41 Å². The molecule has 1 aromatic heterocycles. The third-order valence-corrected chi connectivity index (χ3v) is 5.20. The molecule has 0 N–H and O–H groups in total. The number of pyridine rings is 1. The highest BCUT2D eigenvalue weighted by Crippen LogP contribution is 2.34. The van der Waals surface area contributed by atoms with Gasteiger partial charge in [-0.3, -0.25) is 14.9 Å². The van der Waals surface area contributed by atoms with Crippen molar-refractivity contribution < 1.29 is 4.92 Å². The topological polar surface area (TPSA) is 65.1 Å². The van der Waals surface area contributed by atoms with Gasteiger partial charge in [0.1, 0.15) is 0 Å². The van der Waals surface area contributed by atoms with Crippen molar-refractivity contribution in [3.05, 3.63) is 37.2 Å². The van der Waals surface area contributed by atoms with Gasteiger partial charge < -0.3 is 4.57 Å². The third kappa shape index (κ3) is 4.64. The number of aromatic nitrogens is 1. The van der Waals surface area contributed by atoms with Crippen LogP contribution in [0.15, 0.2) is 21.5 Å². The molecule has 0 aliphatic carbocycles. The first-order valence-corrected chi connectivity index (χ1v) is 8.91. The molecule has 0 atom stereocenters. The van der Waals surface area contributed by atoms with E-state index in [0.717, 1.165) is 31.0 Å². The van der Waals surface area contributed by atoms with E-state index >= 15 is 0 Å². The quantitative estimate of drug-likeness (QED) is 0.351. The number of alkyl halides is 1. The minimum Gasteiger partial charge on any atom is -0.308 e. The van der Waals surface area contributed by atoms with E-state index in [0.29, 0.717) is 11.0 Å². The Hall–Kier alpha value is -0.690. The van der Waals surface area contributed by atoms with Gasteiger partial charge in [-0.05, 0) is 34.2 Å². The minimum atomic E-state index is -0.626. The van der Waals surface area contributed by atoms with Crippen molar-refractivity contribution in [3.8, 4) is 0 Å². The second-order valence-corrected chi connectivity index (χ2v) is 6.84. The molecule has 118 valence electrons. The SMILES string of the molecule is CCCC(CBr)(CCC)Cn1cc(Br)cc([N+](=O)[O-])c1=O. The number of halogens is 2. The number of nitrogens with zero attached hydrogens (tertiary/aromatic N) is 2. The molecule has 0 fully saturated rings. The number of rotatable bonds is 8. The molecule has 0 aliphatic heterocycles. The fourth-order valence-corrected chi connectivity index (χ4v) is 3.92. The van der Waals surface area contributed by atoms with Crippen molar-refractivity contribution in [2.75, 3.05) is 5.33 Å². The van der Waals surface area contributed by atoms with Crippen LogP contribution in [0.2, 0.25) is 0 Å². The summed E-state index contributed by atoms with van der Waals surface area (Å²) < 4.78 is 2.01. The van der Waals surface area contributed by atoms with Crippen molar-refractivity contribution >= 4 is 37.5 Å². The Bertz CT molecular complexity index is 552. The molecule has 0 saturated carbocycles. The second-order valence-electron chi connectivity index (χ2n) is 5.37. The lowest BCUT2D eigenvalue weighted by atomic mass is 9.81. The molecule has 0 spiro atoms. The van der Waals surface area contributed by atoms with Gasteiger partial charge >= 0.3 is 11.2 Å². The molecule has 21 heavy (non-hydrogen) atoms. The first-order valence-electron chi connectivity index (χ1n) is 6.99. The molecule has 1 heterocycles. The van der Waals surface area contributed by atoms with E-state index in [2.05, 4.69) is 45.7 Å². The third-order valence-electron chi connectivity index (χ3n) is 3.58. The summed E-state index contributed by atoms with van der Waals surface area (Å²) in [7, 11) is 0. The lowest BCUT2D eigenvalue weighted by Crippen LogP contribution is -2.34. The molecule has 5 nitrogen and oxygen atoms in total. The van der Waals surface area contributed by atoms with Crippen molar-refractivity contribution in [3.63, 3.8) is 0 Å². The summed E-state index contributed by atoms with van der Waals surface area (Å²) in [6.07, 6.45) is 5.60. The van der Waals surface area contributed by atoms with Gasteiger partial charge in [0.05, 0.1) is 4.92 Å². The normalized spacial score (nSPS) is 11.6. The summed E-state index contributed by atoms with van der Waals surface area (Å²) >= 11 is 6.81. The average molecular weight is 424 g/mol. The van der Waals surface area contributed by atoms with Crippen LogP contribution in [0.3, 0.4) is 0 Å². The molecule has 0 aliphatic rings. The van der Waals surface area contributed by atoms with E-state index in [1.54, 1.807) is 6.20 Å². The van der Waals surface area contributed by atoms with Crippen LogP contribution in [0.1, 0.15) is 39.5 Å². The van der Waals surface area contributed by atoms with Crippen LogP contribution in [0.25, 0.3) is 0 Å². The van der Waals surface area contributed by atoms with Crippen LogP contribution >= 0.6 is 31.9 Å². The Morgan fingerprint density at radius 1 is 1.33 bits per heavy atom. The fraction of sp³-hybridized carbons (Fsp3) is 0.643. The van der Waals surface area contributed by atoms with E-state index < -0.39 is 10.5 Å². The first kappa shape index (κ1) is 18.4. The maximum Gasteiger partial charge on any atom is 0.335 e. The number of hydrogen-bond donors (Lipinski definition) is 0. The Kier molecular flexibility index (Phi) is 7.06. The molecule has 0 unspecified atom stereocenters. The van der Waals surface area contributed by atoms with E-state index in [9.17, 15) is 14.9 Å². The maximum atomic E-state index is 12.2. The van der Waals surface area contributed by atoms with Crippen LogP contribution in [0, 0.1) is 15.5 Å². The Balaban J connectivity index is 3.26. The molecule has 0 saturated heterocycles. The van der Waals surface area contributed by atoms with Crippen molar-refractivity contribution in [1.82, 2.24) is 4.57 Å². The predicted molar refractivity (Wildman–Crippen MR) is 91.1 cm³/mol. The van der Waals surface area contributed by atoms with Crippen molar-refractivity contribution in [2.45, 2.75) is 46.1 Å². The largest absolute Gasteiger partial charge is 0.335 e. The lowest BCUT2D eigenvalue weighted by molar-refractivity contribution is -0.386. The zero-order chi connectivity index (χ0) is 16.0. The molecule has 0 bridgehead atoms. The summed E-state index contributed by atoms with van der Waals surface area (Å²) in [5, 5.41) is 11.7. The van der Waals surface area contributed by atoms with Gasteiger partial charge in [0.15, 0.2) is 0 Å². The van der Waals surface area contributed by atoms with E-state index in [4.69, 9.17) is 0 Å². The number of hydrogen-bond acceptors (Lipinski definition) is 3. The summed E-state index contributed by atoms with van der Waals surface area (Å²) in [5.41, 5.74) is -0.983. The van der Waals surface area contributed by atoms with E-state index in [1.165, 1.54) is 10.6 Å². The van der Waals surface area contributed by atoms with Crippen LogP contribution in [-0.4, -0.2) is 14.8 Å². The minimum absolute atomic E-state index is 0.0536. The molecule has 1 aromatic rings. The van der Waals surface area contributed by atoms with Crippen LogP contribution < -0.4 is 5.56 Å². The highest BCUT2D eigenvalue weighted by atomic mass is 79.9. The molecule has 1 rings (SSSR count). The van der Waals surface area contributed by atoms with Crippen LogP contribution in [0.4, 0.5) is 5.69 Å². The smallest absolute Gasteiger partial charge is 0.308 e. The first-order chi connectivity index (χ1) is 9.89. The molecule has 7 heteroatoms. The van der Waals surface area contributed by atoms with Gasteiger partial charge in [0.25, 0.3) is 0 Å². The van der Waals surface area contributed by atoms with Crippen LogP contribution in [-0.2, 0) is 6.54 Å². The molecular weight excluding hydrogens is 404 g/mol. The van der Waals surface area contributed by atoms with E-state index in [-0.39, 0.29) is 11.1 Å². The van der Waals surface area contributed by atoms with E-state index in [1.807, 2.05) is 0 Å². The Morgan fingerprint density at radius 3 is 2.33 bits per heavy atom. The van der Waals surface area contributed by atoms with Gasteiger partial charge in [-0.2, -0.15) is 0 Å². The van der Waals surface area contributed by atoms with Gasteiger partial charge in [0.2, 0.25) is 0 Å². The zero-order valence-electron chi connectivity index (χ0n) is 12.3. The monoisotopic (exact) mass is 422 g/mol. The lowest BCUT2D eigenvalue weighted by Gasteiger charge is -2.32. The Morgan fingerprint density at radius 2 is 1.90 bits per heavy atom. The van der Waals surface area contributed by atoms with Gasteiger partial charge in [0, 0.05) is 28.6 Å². The summed E-state index contributed by atoms with van der Waals surface area (Å²) in [6, 6.07) is 1.26. The summed E-state index contributed by atoms with van der Waals surface area (Å²) in [5.74, 6) is 0. The van der Waals surface area contributed by atoms with Crippen LogP contribution in [0.5, 0.6) is 0 Å². The van der Waals surface area contributed by atoms with Crippen molar-refractivity contribution in [1.29, 1.82) is 0 Å². The standard InChI is InChI=1S/C14H20Br2N2O3/c1-3-5-14(9-15,6-4-2)10-17-8-11(16)7-12(13(17)19)18(20)21/h7-8H,3-6,9-10H2,1-2H3. The highest BCUT2D eigenvalue weighted by molar-refractivity contribution is 9.10. The molecule has 0 aromatic carbocycles. The second kappa shape index (κ2) is 8.08.